The fourth-order valence-corrected chi connectivity index (χ4v) is 1.93. The third-order valence-corrected chi connectivity index (χ3v) is 3.33. The van der Waals surface area contributed by atoms with Gasteiger partial charge in [0.25, 0.3) is 0 Å². The Hall–Kier alpha value is -2.31. The van der Waals surface area contributed by atoms with Crippen molar-refractivity contribution in [2.45, 2.75) is 33.9 Å². The van der Waals surface area contributed by atoms with Crippen LogP contribution in [-0.4, -0.2) is 16.1 Å². The minimum Gasteiger partial charge on any atom is -0.322 e. The van der Waals surface area contributed by atoms with Crippen molar-refractivity contribution in [3.8, 4) is 11.3 Å². The molecule has 0 aliphatic carbocycles. The summed E-state index contributed by atoms with van der Waals surface area (Å²) in [5, 5.41) is 9.48. The second-order valence-electron chi connectivity index (χ2n) is 6.35. The molecule has 1 aromatic carbocycles. The number of benzene rings is 1. The lowest BCUT2D eigenvalue weighted by Gasteiger charge is -2.18. The lowest BCUT2D eigenvalue weighted by Crippen LogP contribution is -2.28. The third kappa shape index (κ3) is 3.72. The number of carbonyl (C=O) groups is 1. The van der Waals surface area contributed by atoms with Gasteiger partial charge in [-0.15, -0.1) is 0 Å². The molecule has 23 heavy (non-hydrogen) atoms. The molecule has 2 N–H and O–H groups in total. The van der Waals surface area contributed by atoms with Crippen LogP contribution in [0, 0.1) is 12.3 Å². The molecule has 7 heteroatoms. The Balaban J connectivity index is 2.44. The number of anilines is 1. The highest BCUT2D eigenvalue weighted by Crippen LogP contribution is 2.35. The number of aromatic nitrogens is 2. The molecule has 0 spiro atoms. The van der Waals surface area contributed by atoms with Gasteiger partial charge in [-0.3, -0.25) is 9.89 Å². The highest BCUT2D eigenvalue weighted by Gasteiger charge is 2.31. The van der Waals surface area contributed by atoms with Crippen LogP contribution in [0.15, 0.2) is 24.3 Å². The van der Waals surface area contributed by atoms with Crippen LogP contribution in [0.2, 0.25) is 0 Å². The molecule has 1 heterocycles. The van der Waals surface area contributed by atoms with Gasteiger partial charge >= 0.3 is 6.18 Å². The Morgan fingerprint density at radius 1 is 1.22 bits per heavy atom. The SMILES string of the molecule is Cc1[nH]nc(-c2cccc(C(F)(F)F)c2)c1NC(=O)C(C)(C)C. The van der Waals surface area contributed by atoms with Crippen LogP contribution in [0.1, 0.15) is 32.0 Å². The average Bonchev–Trinajstić information content (AvgIpc) is 2.78. The number of H-pyrrole nitrogens is 1. The maximum absolute atomic E-state index is 12.9. The summed E-state index contributed by atoms with van der Waals surface area (Å²) in [5.74, 6) is -0.241. The van der Waals surface area contributed by atoms with Crippen molar-refractivity contribution in [1.82, 2.24) is 10.2 Å². The number of rotatable bonds is 2. The number of halogens is 3. The number of nitrogens with zero attached hydrogens (tertiary/aromatic N) is 1. The number of aryl methyl sites for hydroxylation is 1. The highest BCUT2D eigenvalue weighted by atomic mass is 19.4. The van der Waals surface area contributed by atoms with Gasteiger partial charge in [0.05, 0.1) is 16.9 Å². The van der Waals surface area contributed by atoms with E-state index in [4.69, 9.17) is 0 Å². The van der Waals surface area contributed by atoms with Gasteiger partial charge in [-0.25, -0.2) is 0 Å². The average molecular weight is 325 g/mol. The number of aromatic amines is 1. The first-order valence-corrected chi connectivity index (χ1v) is 7.04. The molecule has 1 amide bonds. The van der Waals surface area contributed by atoms with Crippen LogP contribution in [-0.2, 0) is 11.0 Å². The summed E-state index contributed by atoms with van der Waals surface area (Å²) in [6.45, 7) is 6.95. The normalized spacial score (nSPS) is 12.3. The summed E-state index contributed by atoms with van der Waals surface area (Å²) in [5.41, 5.74) is 0.150. The van der Waals surface area contributed by atoms with E-state index >= 15 is 0 Å². The van der Waals surface area contributed by atoms with Crippen LogP contribution in [0.4, 0.5) is 18.9 Å². The van der Waals surface area contributed by atoms with Crippen LogP contribution >= 0.6 is 0 Å². The van der Waals surface area contributed by atoms with Gasteiger partial charge in [-0.1, -0.05) is 32.9 Å². The highest BCUT2D eigenvalue weighted by molar-refractivity contribution is 5.98. The zero-order valence-corrected chi connectivity index (χ0v) is 13.3. The standard InChI is InChI=1S/C16H18F3N3O/c1-9-12(20-14(23)15(2,3)4)13(22-21-9)10-6-5-7-11(8-10)16(17,18)19/h5-8H,1-4H3,(H,20,23)(H,21,22). The summed E-state index contributed by atoms with van der Waals surface area (Å²) in [6, 6.07) is 4.86. The molecule has 2 rings (SSSR count). The maximum Gasteiger partial charge on any atom is 0.416 e. The van der Waals surface area contributed by atoms with E-state index in [1.54, 1.807) is 27.7 Å². The van der Waals surface area contributed by atoms with Gasteiger partial charge < -0.3 is 5.32 Å². The zero-order chi connectivity index (χ0) is 17.4. The van der Waals surface area contributed by atoms with Gasteiger partial charge in [0, 0.05) is 11.0 Å². The third-order valence-electron chi connectivity index (χ3n) is 3.33. The molecule has 0 bridgehead atoms. The molecule has 0 fully saturated rings. The maximum atomic E-state index is 12.9. The molecule has 4 nitrogen and oxygen atoms in total. The molecule has 0 aliphatic heterocycles. The quantitative estimate of drug-likeness (QED) is 0.860. The summed E-state index contributed by atoms with van der Waals surface area (Å²) in [7, 11) is 0. The topological polar surface area (TPSA) is 57.8 Å². The molecule has 0 saturated heterocycles. The second kappa shape index (κ2) is 5.72. The van der Waals surface area contributed by atoms with E-state index in [1.165, 1.54) is 12.1 Å². The fourth-order valence-electron chi connectivity index (χ4n) is 1.93. The van der Waals surface area contributed by atoms with E-state index in [1.807, 2.05) is 0 Å². The number of carbonyl (C=O) groups excluding carboxylic acids is 1. The number of alkyl halides is 3. The molecule has 2 aromatic rings. The van der Waals surface area contributed by atoms with Crippen molar-refractivity contribution < 1.29 is 18.0 Å². The first kappa shape index (κ1) is 17.1. The predicted molar refractivity (Wildman–Crippen MR) is 81.8 cm³/mol. The molecule has 0 radical (unpaired) electrons. The van der Waals surface area contributed by atoms with E-state index in [0.29, 0.717) is 11.4 Å². The monoisotopic (exact) mass is 325 g/mol. The van der Waals surface area contributed by atoms with E-state index in [0.717, 1.165) is 12.1 Å². The predicted octanol–water partition coefficient (Wildman–Crippen LogP) is 4.39. The number of hydrogen-bond acceptors (Lipinski definition) is 2. The smallest absolute Gasteiger partial charge is 0.322 e. The van der Waals surface area contributed by atoms with Crippen molar-refractivity contribution in [3.05, 3.63) is 35.5 Å². The minimum absolute atomic E-state index is 0.241. The van der Waals surface area contributed by atoms with Crippen molar-refractivity contribution in [3.63, 3.8) is 0 Å². The molecule has 0 aliphatic rings. The fraction of sp³-hybridized carbons (Fsp3) is 0.375. The minimum atomic E-state index is -4.43. The Morgan fingerprint density at radius 2 is 1.87 bits per heavy atom. The summed E-state index contributed by atoms with van der Waals surface area (Å²) >= 11 is 0. The van der Waals surface area contributed by atoms with Crippen molar-refractivity contribution in [2.24, 2.45) is 5.41 Å². The molecule has 0 saturated carbocycles. The summed E-state index contributed by atoms with van der Waals surface area (Å²) < 4.78 is 38.6. The van der Waals surface area contributed by atoms with Crippen LogP contribution in [0.3, 0.4) is 0 Å². The van der Waals surface area contributed by atoms with E-state index in [-0.39, 0.29) is 17.2 Å². The first-order chi connectivity index (χ1) is 10.5. The van der Waals surface area contributed by atoms with Gasteiger partial charge in [-0.2, -0.15) is 18.3 Å². The Morgan fingerprint density at radius 3 is 2.43 bits per heavy atom. The molecule has 0 atom stereocenters. The van der Waals surface area contributed by atoms with Gasteiger partial charge in [0.2, 0.25) is 5.91 Å². The summed E-state index contributed by atoms with van der Waals surface area (Å²) in [4.78, 5) is 12.2. The number of amides is 1. The zero-order valence-electron chi connectivity index (χ0n) is 13.3. The second-order valence-corrected chi connectivity index (χ2v) is 6.35. The van der Waals surface area contributed by atoms with Gasteiger partial charge in [0.1, 0.15) is 5.69 Å². The molecular weight excluding hydrogens is 307 g/mol. The largest absolute Gasteiger partial charge is 0.416 e. The van der Waals surface area contributed by atoms with Crippen LogP contribution in [0.25, 0.3) is 11.3 Å². The van der Waals surface area contributed by atoms with Crippen molar-refractivity contribution >= 4 is 11.6 Å². The van der Waals surface area contributed by atoms with Crippen molar-refractivity contribution in [2.75, 3.05) is 5.32 Å². The molecule has 0 unspecified atom stereocenters. The number of nitrogens with one attached hydrogen (secondary N) is 2. The summed E-state index contributed by atoms with van der Waals surface area (Å²) in [6.07, 6.45) is -4.43. The Kier molecular flexibility index (Phi) is 4.24. The first-order valence-electron chi connectivity index (χ1n) is 7.04. The van der Waals surface area contributed by atoms with Gasteiger partial charge in [0.15, 0.2) is 0 Å². The van der Waals surface area contributed by atoms with E-state index in [9.17, 15) is 18.0 Å². The lowest BCUT2D eigenvalue weighted by atomic mass is 9.95. The molecule has 124 valence electrons. The lowest BCUT2D eigenvalue weighted by molar-refractivity contribution is -0.137. The van der Waals surface area contributed by atoms with E-state index in [2.05, 4.69) is 15.5 Å². The number of hydrogen-bond donors (Lipinski definition) is 2. The van der Waals surface area contributed by atoms with Gasteiger partial charge in [-0.05, 0) is 19.1 Å². The van der Waals surface area contributed by atoms with E-state index < -0.39 is 17.2 Å². The molecular formula is C16H18F3N3O. The Labute approximate surface area is 132 Å². The van der Waals surface area contributed by atoms with Crippen LogP contribution in [0.5, 0.6) is 0 Å². The molecule has 1 aromatic heterocycles. The van der Waals surface area contributed by atoms with Crippen molar-refractivity contribution in [1.29, 1.82) is 0 Å². The Bertz CT molecular complexity index is 727. The van der Waals surface area contributed by atoms with Crippen LogP contribution < -0.4 is 5.32 Å².